The van der Waals surface area contributed by atoms with Gasteiger partial charge in [0.05, 0.1) is 7.11 Å². The highest BCUT2D eigenvalue weighted by atomic mass is 16.5. The van der Waals surface area contributed by atoms with Gasteiger partial charge in [0, 0.05) is 6.07 Å². The van der Waals surface area contributed by atoms with E-state index in [9.17, 15) is 20.4 Å². The molecule has 0 bridgehead atoms. The van der Waals surface area contributed by atoms with Crippen LogP contribution in [-0.2, 0) is 0 Å². The molecule has 2 aromatic rings. The average Bonchev–Trinajstić information content (AvgIpc) is 2.45. The van der Waals surface area contributed by atoms with Gasteiger partial charge in [0.2, 0.25) is 0 Å². The lowest BCUT2D eigenvalue weighted by Gasteiger charge is -2.20. The summed E-state index contributed by atoms with van der Waals surface area (Å²) in [5.41, 5.74) is 1.62. The molecule has 112 valence electrons. The first-order chi connectivity index (χ1) is 9.92. The van der Waals surface area contributed by atoms with Crippen molar-refractivity contribution >= 4 is 0 Å². The second kappa shape index (κ2) is 6.03. The fraction of sp³-hybridized carbons (Fsp3) is 0.250. The molecule has 0 amide bonds. The van der Waals surface area contributed by atoms with Crippen LogP contribution in [0.5, 0.6) is 17.2 Å². The van der Waals surface area contributed by atoms with E-state index in [1.807, 2.05) is 6.92 Å². The van der Waals surface area contributed by atoms with Crippen LogP contribution in [0.25, 0.3) is 0 Å². The molecular weight excluding hydrogens is 272 g/mol. The van der Waals surface area contributed by atoms with Crippen LogP contribution in [0.1, 0.15) is 28.9 Å². The number of aliphatic hydroxyl groups is 2. The standard InChI is InChI=1S/C16H18O5/c1-9-3-4-10(7-14(9)21-2)15(19)16(20)11-5-12(17)8-13(18)6-11/h3-8,15-20H,1-2H3. The zero-order valence-electron chi connectivity index (χ0n) is 11.8. The van der Waals surface area contributed by atoms with Crippen molar-refractivity contribution in [2.45, 2.75) is 19.1 Å². The SMILES string of the molecule is COc1cc(C(O)C(O)c2cc(O)cc(O)c2)ccc1C. The molecule has 0 radical (unpaired) electrons. The number of ether oxygens (including phenoxy) is 1. The Balaban J connectivity index is 2.32. The summed E-state index contributed by atoms with van der Waals surface area (Å²) < 4.78 is 5.19. The van der Waals surface area contributed by atoms with Crippen LogP contribution in [0.4, 0.5) is 0 Å². The van der Waals surface area contributed by atoms with Crippen molar-refractivity contribution in [2.75, 3.05) is 7.11 Å². The van der Waals surface area contributed by atoms with E-state index in [0.29, 0.717) is 11.3 Å². The fourth-order valence-electron chi connectivity index (χ4n) is 2.17. The van der Waals surface area contributed by atoms with E-state index in [1.165, 1.54) is 19.2 Å². The van der Waals surface area contributed by atoms with Crippen LogP contribution in [0.3, 0.4) is 0 Å². The van der Waals surface area contributed by atoms with Gasteiger partial charge in [-0.25, -0.2) is 0 Å². The molecule has 0 aliphatic carbocycles. The summed E-state index contributed by atoms with van der Waals surface area (Å²) in [7, 11) is 1.53. The summed E-state index contributed by atoms with van der Waals surface area (Å²) in [6.45, 7) is 1.87. The number of methoxy groups -OCH3 is 1. The summed E-state index contributed by atoms with van der Waals surface area (Å²) in [6.07, 6.45) is -2.49. The van der Waals surface area contributed by atoms with Crippen LogP contribution < -0.4 is 4.74 Å². The normalized spacial score (nSPS) is 13.7. The van der Waals surface area contributed by atoms with Gasteiger partial charge in [-0.3, -0.25) is 0 Å². The Kier molecular flexibility index (Phi) is 4.35. The minimum Gasteiger partial charge on any atom is -0.508 e. The third kappa shape index (κ3) is 3.26. The predicted molar refractivity (Wildman–Crippen MR) is 77.4 cm³/mol. The molecule has 0 saturated carbocycles. The summed E-state index contributed by atoms with van der Waals surface area (Å²) in [6, 6.07) is 8.85. The molecule has 2 atom stereocenters. The first kappa shape index (κ1) is 15.2. The van der Waals surface area contributed by atoms with Crippen LogP contribution in [-0.4, -0.2) is 27.5 Å². The van der Waals surface area contributed by atoms with Crippen molar-refractivity contribution < 1.29 is 25.2 Å². The van der Waals surface area contributed by atoms with Gasteiger partial charge in [0.15, 0.2) is 0 Å². The number of phenolic OH excluding ortho intramolecular Hbond substituents is 2. The largest absolute Gasteiger partial charge is 0.508 e. The van der Waals surface area contributed by atoms with Crippen molar-refractivity contribution in [3.8, 4) is 17.2 Å². The molecule has 0 saturated heterocycles. The minimum atomic E-state index is -1.28. The van der Waals surface area contributed by atoms with Crippen LogP contribution in [0.2, 0.25) is 0 Å². The number of phenols is 2. The molecule has 21 heavy (non-hydrogen) atoms. The maximum Gasteiger partial charge on any atom is 0.122 e. The van der Waals surface area contributed by atoms with Gasteiger partial charge in [0.1, 0.15) is 29.5 Å². The van der Waals surface area contributed by atoms with E-state index in [4.69, 9.17) is 4.74 Å². The topological polar surface area (TPSA) is 90.2 Å². The molecule has 2 unspecified atom stereocenters. The highest BCUT2D eigenvalue weighted by Crippen LogP contribution is 2.34. The number of benzene rings is 2. The number of rotatable bonds is 4. The number of aryl methyl sites for hydroxylation is 1. The summed E-state index contributed by atoms with van der Waals surface area (Å²) >= 11 is 0. The van der Waals surface area contributed by atoms with E-state index >= 15 is 0 Å². The molecule has 0 aromatic heterocycles. The lowest BCUT2D eigenvalue weighted by atomic mass is 9.97. The maximum atomic E-state index is 10.3. The van der Waals surface area contributed by atoms with Crippen molar-refractivity contribution in [2.24, 2.45) is 0 Å². The Morgan fingerprint density at radius 2 is 1.43 bits per heavy atom. The van der Waals surface area contributed by atoms with Gasteiger partial charge >= 0.3 is 0 Å². The predicted octanol–water partition coefficient (Wildman–Crippen LogP) is 2.18. The monoisotopic (exact) mass is 290 g/mol. The first-order valence-electron chi connectivity index (χ1n) is 6.46. The first-order valence-corrected chi connectivity index (χ1v) is 6.46. The summed E-state index contributed by atoms with van der Waals surface area (Å²) in [4.78, 5) is 0. The van der Waals surface area contributed by atoms with Crippen LogP contribution in [0, 0.1) is 6.92 Å². The number of aromatic hydroxyl groups is 2. The van der Waals surface area contributed by atoms with Gasteiger partial charge in [-0.15, -0.1) is 0 Å². The van der Waals surface area contributed by atoms with E-state index < -0.39 is 12.2 Å². The van der Waals surface area contributed by atoms with Gasteiger partial charge in [-0.2, -0.15) is 0 Å². The molecule has 0 aliphatic rings. The third-order valence-corrected chi connectivity index (χ3v) is 3.34. The Hall–Kier alpha value is -2.24. The minimum absolute atomic E-state index is 0.183. The van der Waals surface area contributed by atoms with E-state index in [0.717, 1.165) is 11.6 Å². The van der Waals surface area contributed by atoms with E-state index in [1.54, 1.807) is 18.2 Å². The average molecular weight is 290 g/mol. The molecule has 5 nitrogen and oxygen atoms in total. The number of hydrogen-bond donors (Lipinski definition) is 4. The van der Waals surface area contributed by atoms with Crippen molar-refractivity contribution in [3.63, 3.8) is 0 Å². The molecule has 2 rings (SSSR count). The van der Waals surface area contributed by atoms with Crippen molar-refractivity contribution in [1.82, 2.24) is 0 Å². The molecule has 0 aliphatic heterocycles. The number of hydrogen-bond acceptors (Lipinski definition) is 5. The van der Waals surface area contributed by atoms with Crippen LogP contribution in [0.15, 0.2) is 36.4 Å². The summed E-state index contributed by atoms with van der Waals surface area (Å²) in [5, 5.41) is 39.4. The Bertz CT molecular complexity index is 618. The molecule has 5 heteroatoms. The Morgan fingerprint density at radius 3 is 2.00 bits per heavy atom. The Morgan fingerprint density at radius 1 is 0.857 bits per heavy atom. The van der Waals surface area contributed by atoms with Crippen LogP contribution >= 0.6 is 0 Å². The molecule has 0 heterocycles. The maximum absolute atomic E-state index is 10.3. The zero-order valence-corrected chi connectivity index (χ0v) is 11.8. The summed E-state index contributed by atoms with van der Waals surface area (Å²) in [5.74, 6) is 0.243. The number of aliphatic hydroxyl groups excluding tert-OH is 2. The van der Waals surface area contributed by atoms with E-state index in [2.05, 4.69) is 0 Å². The van der Waals surface area contributed by atoms with E-state index in [-0.39, 0.29) is 17.1 Å². The van der Waals surface area contributed by atoms with Gasteiger partial charge in [0.25, 0.3) is 0 Å². The second-order valence-electron chi connectivity index (χ2n) is 4.90. The van der Waals surface area contributed by atoms with Gasteiger partial charge < -0.3 is 25.2 Å². The molecule has 2 aromatic carbocycles. The molecule has 0 fully saturated rings. The lowest BCUT2D eigenvalue weighted by molar-refractivity contribution is 0.0169. The van der Waals surface area contributed by atoms with Crippen molar-refractivity contribution in [3.05, 3.63) is 53.1 Å². The fourth-order valence-corrected chi connectivity index (χ4v) is 2.17. The van der Waals surface area contributed by atoms with Crippen molar-refractivity contribution in [1.29, 1.82) is 0 Å². The zero-order chi connectivity index (χ0) is 15.6. The quantitative estimate of drug-likeness (QED) is 0.693. The smallest absolute Gasteiger partial charge is 0.122 e. The highest BCUT2D eigenvalue weighted by Gasteiger charge is 2.22. The Labute approximate surface area is 122 Å². The molecule has 0 spiro atoms. The lowest BCUT2D eigenvalue weighted by Crippen LogP contribution is -2.10. The molecule has 4 N–H and O–H groups in total. The van der Waals surface area contributed by atoms with Gasteiger partial charge in [-0.1, -0.05) is 12.1 Å². The third-order valence-electron chi connectivity index (χ3n) is 3.34. The van der Waals surface area contributed by atoms with Gasteiger partial charge in [-0.05, 0) is 41.8 Å². The highest BCUT2D eigenvalue weighted by molar-refractivity contribution is 5.41. The second-order valence-corrected chi connectivity index (χ2v) is 4.90. The molecular formula is C16H18O5.